The molecule has 1 aliphatic carbocycles. The van der Waals surface area contributed by atoms with Gasteiger partial charge in [0, 0.05) is 31.5 Å². The highest BCUT2D eigenvalue weighted by Gasteiger charge is 2.33. The number of carbonyl (C=O) groups excluding carboxylic acids is 3. The number of amides is 3. The van der Waals surface area contributed by atoms with Gasteiger partial charge in [0.15, 0.2) is 5.82 Å². The molecule has 1 aromatic heterocycles. The average Bonchev–Trinajstić information content (AvgIpc) is 3.55. The number of rotatable bonds is 10. The van der Waals surface area contributed by atoms with Crippen LogP contribution < -0.4 is 10.6 Å². The van der Waals surface area contributed by atoms with E-state index in [1.54, 1.807) is 17.9 Å². The number of hydrogen-bond acceptors (Lipinski definition) is 5. The van der Waals surface area contributed by atoms with Gasteiger partial charge < -0.3 is 20.1 Å². The number of hydrogen-bond donors (Lipinski definition) is 2. The molecule has 2 N–H and O–H groups in total. The fraction of sp³-hybridized carbons (Fsp3) is 0.357. The highest BCUT2D eigenvalue weighted by molar-refractivity contribution is 5.94. The van der Waals surface area contributed by atoms with E-state index in [4.69, 9.17) is 4.52 Å². The van der Waals surface area contributed by atoms with Crippen molar-refractivity contribution in [2.24, 2.45) is 0 Å². The molecule has 4 rings (SSSR count). The molecule has 0 radical (unpaired) electrons. The van der Waals surface area contributed by atoms with Crippen molar-refractivity contribution >= 4 is 23.5 Å². The van der Waals surface area contributed by atoms with Gasteiger partial charge in [-0.1, -0.05) is 78.7 Å². The molecule has 0 aliphatic heterocycles. The number of aryl methyl sites for hydroxylation is 1. The van der Waals surface area contributed by atoms with Crippen molar-refractivity contribution < 1.29 is 18.9 Å². The van der Waals surface area contributed by atoms with E-state index < -0.39 is 6.04 Å². The molecule has 1 heterocycles. The molecule has 188 valence electrons. The molecule has 36 heavy (non-hydrogen) atoms. The molecule has 1 atom stereocenters. The Morgan fingerprint density at radius 2 is 1.67 bits per heavy atom. The summed E-state index contributed by atoms with van der Waals surface area (Å²) in [5.41, 5.74) is 1.64. The third-order valence-electron chi connectivity index (χ3n) is 6.35. The molecule has 8 heteroatoms. The highest BCUT2D eigenvalue weighted by atomic mass is 16.5. The Balaban J connectivity index is 1.55. The number of nitrogens with one attached hydrogen (secondary N) is 2. The van der Waals surface area contributed by atoms with Gasteiger partial charge in [-0.05, 0) is 30.9 Å². The van der Waals surface area contributed by atoms with Gasteiger partial charge in [0.1, 0.15) is 11.8 Å². The van der Waals surface area contributed by atoms with Crippen LogP contribution in [0.2, 0.25) is 0 Å². The summed E-state index contributed by atoms with van der Waals surface area (Å²) in [7, 11) is 0. The molecule has 3 aromatic rings. The molecule has 8 nitrogen and oxygen atoms in total. The lowest BCUT2D eigenvalue weighted by atomic mass is 10.0. The van der Waals surface area contributed by atoms with Crippen LogP contribution in [0.25, 0.3) is 0 Å². The molecule has 2 aromatic carbocycles. The van der Waals surface area contributed by atoms with Crippen LogP contribution in [0.5, 0.6) is 0 Å². The van der Waals surface area contributed by atoms with Crippen molar-refractivity contribution in [3.63, 3.8) is 0 Å². The van der Waals surface area contributed by atoms with Crippen molar-refractivity contribution in [1.82, 2.24) is 15.4 Å². The predicted molar refractivity (Wildman–Crippen MR) is 136 cm³/mol. The highest BCUT2D eigenvalue weighted by Crippen LogP contribution is 2.27. The van der Waals surface area contributed by atoms with Crippen LogP contribution in [0, 0.1) is 6.92 Å². The van der Waals surface area contributed by atoms with E-state index in [0.717, 1.165) is 36.8 Å². The number of carbonyl (C=O) groups is 3. The van der Waals surface area contributed by atoms with Gasteiger partial charge in [-0.25, -0.2) is 0 Å². The van der Waals surface area contributed by atoms with E-state index in [1.807, 2.05) is 60.7 Å². The van der Waals surface area contributed by atoms with Crippen LogP contribution in [-0.4, -0.2) is 33.8 Å². The molecule has 0 bridgehead atoms. The fourth-order valence-corrected chi connectivity index (χ4v) is 4.56. The van der Waals surface area contributed by atoms with Gasteiger partial charge in [-0.15, -0.1) is 0 Å². The maximum absolute atomic E-state index is 13.6. The van der Waals surface area contributed by atoms with Crippen LogP contribution in [0.3, 0.4) is 0 Å². The monoisotopic (exact) mass is 488 g/mol. The summed E-state index contributed by atoms with van der Waals surface area (Å²) in [5.74, 6) is 0.0715. The lowest BCUT2D eigenvalue weighted by Crippen LogP contribution is -2.46. The lowest BCUT2D eigenvalue weighted by molar-refractivity contribution is -0.142. The van der Waals surface area contributed by atoms with Gasteiger partial charge in [-0.3, -0.25) is 14.4 Å². The van der Waals surface area contributed by atoms with Crippen molar-refractivity contribution in [3.05, 3.63) is 83.6 Å². The molecular formula is C28H32N4O4. The van der Waals surface area contributed by atoms with Crippen LogP contribution in [0.4, 0.5) is 5.82 Å². The molecule has 0 saturated heterocycles. The summed E-state index contributed by atoms with van der Waals surface area (Å²) in [5, 5.41) is 9.57. The average molecular weight is 489 g/mol. The normalized spacial score (nSPS) is 14.2. The Hall–Kier alpha value is -3.94. The molecule has 1 saturated carbocycles. The van der Waals surface area contributed by atoms with Gasteiger partial charge in [-0.2, -0.15) is 0 Å². The first-order chi connectivity index (χ1) is 17.5. The number of anilines is 1. The zero-order chi connectivity index (χ0) is 25.3. The first-order valence-corrected chi connectivity index (χ1v) is 12.4. The number of benzene rings is 2. The first kappa shape index (κ1) is 25.2. The van der Waals surface area contributed by atoms with Crippen LogP contribution in [0.15, 0.2) is 71.3 Å². The first-order valence-electron chi connectivity index (χ1n) is 12.4. The second-order valence-electron chi connectivity index (χ2n) is 9.18. The van der Waals surface area contributed by atoms with Crippen molar-refractivity contribution in [2.45, 2.75) is 64.1 Å². The van der Waals surface area contributed by atoms with Crippen LogP contribution in [0.1, 0.15) is 61.5 Å². The van der Waals surface area contributed by atoms with Crippen molar-refractivity contribution in [3.8, 4) is 0 Å². The fourth-order valence-electron chi connectivity index (χ4n) is 4.56. The molecule has 0 spiro atoms. The topological polar surface area (TPSA) is 105 Å². The van der Waals surface area contributed by atoms with E-state index >= 15 is 0 Å². The van der Waals surface area contributed by atoms with Gasteiger partial charge in [0.25, 0.3) is 0 Å². The van der Waals surface area contributed by atoms with E-state index in [9.17, 15) is 14.4 Å². The summed E-state index contributed by atoms with van der Waals surface area (Å²) in [6.45, 7) is 1.98. The Labute approximate surface area is 211 Å². The van der Waals surface area contributed by atoms with Gasteiger partial charge in [0.05, 0.1) is 0 Å². The zero-order valence-electron chi connectivity index (χ0n) is 20.5. The summed E-state index contributed by atoms with van der Waals surface area (Å²) in [4.78, 5) is 41.3. The Morgan fingerprint density at radius 3 is 2.31 bits per heavy atom. The van der Waals surface area contributed by atoms with E-state index in [0.29, 0.717) is 11.6 Å². The summed E-state index contributed by atoms with van der Waals surface area (Å²) >= 11 is 0. The largest absolute Gasteiger partial charge is 0.360 e. The third-order valence-corrected chi connectivity index (χ3v) is 6.35. The van der Waals surface area contributed by atoms with E-state index in [-0.39, 0.29) is 43.1 Å². The van der Waals surface area contributed by atoms with Crippen molar-refractivity contribution in [1.29, 1.82) is 0 Å². The molecule has 0 unspecified atom stereocenters. The Morgan fingerprint density at radius 1 is 1.00 bits per heavy atom. The SMILES string of the molecule is Cc1cc(NC(=O)CCC(=O)N(Cc2ccccc2)[C@@H](C(=O)NC2CCCC2)c2ccccc2)no1. The molecule has 1 aliphatic rings. The Bertz CT molecular complexity index is 1160. The maximum atomic E-state index is 13.6. The summed E-state index contributed by atoms with van der Waals surface area (Å²) in [6, 6.07) is 19.8. The molecule has 1 fully saturated rings. The minimum Gasteiger partial charge on any atom is -0.360 e. The van der Waals surface area contributed by atoms with Crippen LogP contribution in [-0.2, 0) is 20.9 Å². The van der Waals surface area contributed by atoms with E-state index in [2.05, 4.69) is 15.8 Å². The minimum atomic E-state index is -0.805. The predicted octanol–water partition coefficient (Wildman–Crippen LogP) is 4.53. The smallest absolute Gasteiger partial charge is 0.247 e. The minimum absolute atomic E-state index is 0.0399. The molecular weight excluding hydrogens is 456 g/mol. The second kappa shape index (κ2) is 12.2. The van der Waals surface area contributed by atoms with Gasteiger partial charge in [0.2, 0.25) is 17.7 Å². The standard InChI is InChI=1S/C28H32N4O4/c1-20-18-24(31-36-20)30-25(33)16-17-26(34)32(19-21-10-4-2-5-11-21)27(22-12-6-3-7-13-22)28(35)29-23-14-8-9-15-23/h2-7,10-13,18,23,27H,8-9,14-17,19H2,1H3,(H,29,35)(H,30,31,33)/t27-/m1/s1. The zero-order valence-corrected chi connectivity index (χ0v) is 20.5. The lowest BCUT2D eigenvalue weighted by Gasteiger charge is -2.32. The summed E-state index contributed by atoms with van der Waals surface area (Å²) in [6.07, 6.45) is 3.99. The number of aromatic nitrogens is 1. The second-order valence-corrected chi connectivity index (χ2v) is 9.18. The summed E-state index contributed by atoms with van der Waals surface area (Å²) < 4.78 is 4.97. The van der Waals surface area contributed by atoms with Gasteiger partial charge >= 0.3 is 0 Å². The maximum Gasteiger partial charge on any atom is 0.247 e. The third kappa shape index (κ3) is 6.81. The quantitative estimate of drug-likeness (QED) is 0.436. The van der Waals surface area contributed by atoms with E-state index in [1.165, 1.54) is 0 Å². The van der Waals surface area contributed by atoms with Crippen molar-refractivity contribution in [2.75, 3.05) is 5.32 Å². The molecule has 3 amide bonds. The number of nitrogens with zero attached hydrogens (tertiary/aromatic N) is 2. The Kier molecular flexibility index (Phi) is 8.49. The van der Waals surface area contributed by atoms with Crippen LogP contribution >= 0.6 is 0 Å².